The number of hydrogen-bond donors (Lipinski definition) is 0. The molecule has 2 aromatic carbocycles. The van der Waals surface area contributed by atoms with Crippen molar-refractivity contribution in [2.24, 2.45) is 0 Å². The molecule has 0 aliphatic carbocycles. The van der Waals surface area contributed by atoms with Crippen LogP contribution in [0.1, 0.15) is 25.0 Å². The molecule has 0 N–H and O–H groups in total. The second kappa shape index (κ2) is 8.18. The summed E-state index contributed by atoms with van der Waals surface area (Å²) in [6.45, 7) is 5.10. The molecule has 0 aromatic heterocycles. The molecule has 2 rings (SSSR count). The highest BCUT2D eigenvalue weighted by Gasteiger charge is 2.36. The molecule has 1 amide bonds. The lowest BCUT2D eigenvalue weighted by atomic mass is 10.2. The predicted octanol–water partition coefficient (Wildman–Crippen LogP) is 4.40. The van der Waals surface area contributed by atoms with Crippen LogP contribution in [0.4, 0.5) is 0 Å². The molecular formula is C20H22BrNO3S. The van der Waals surface area contributed by atoms with Crippen molar-refractivity contribution in [3.8, 4) is 0 Å². The predicted molar refractivity (Wildman–Crippen MR) is 109 cm³/mol. The van der Waals surface area contributed by atoms with Gasteiger partial charge in [0.05, 0.1) is 15.8 Å². The first-order valence-electron chi connectivity index (χ1n) is 8.17. The van der Waals surface area contributed by atoms with E-state index in [0.717, 1.165) is 15.4 Å². The maximum Gasteiger partial charge on any atom is 0.266 e. The summed E-state index contributed by atoms with van der Waals surface area (Å²) in [6.07, 6.45) is 3.48. The minimum absolute atomic E-state index is 0.0427. The van der Waals surface area contributed by atoms with E-state index in [1.165, 1.54) is 12.1 Å². The molecule has 0 aliphatic rings. The van der Waals surface area contributed by atoms with Crippen LogP contribution in [0.5, 0.6) is 0 Å². The lowest BCUT2D eigenvalue weighted by Gasteiger charge is -2.27. The average molecular weight is 436 g/mol. The van der Waals surface area contributed by atoms with E-state index >= 15 is 0 Å². The van der Waals surface area contributed by atoms with Crippen molar-refractivity contribution in [2.75, 3.05) is 6.54 Å². The number of amides is 1. The Bertz CT molecular complexity index is 883. The molecule has 0 unspecified atom stereocenters. The van der Waals surface area contributed by atoms with Gasteiger partial charge in [-0.15, -0.1) is 0 Å². The van der Waals surface area contributed by atoms with Gasteiger partial charge in [0, 0.05) is 0 Å². The maximum atomic E-state index is 13.0. The zero-order chi connectivity index (χ0) is 19.4. The normalized spacial score (nSPS) is 12.3. The number of benzene rings is 2. The summed E-state index contributed by atoms with van der Waals surface area (Å²) in [4.78, 5) is 12.9. The third-order valence-corrected chi connectivity index (χ3v) is 5.83. The van der Waals surface area contributed by atoms with E-state index < -0.39 is 20.3 Å². The van der Waals surface area contributed by atoms with Crippen molar-refractivity contribution in [1.29, 1.82) is 0 Å². The van der Waals surface area contributed by atoms with Crippen molar-refractivity contribution in [3.63, 3.8) is 0 Å². The van der Waals surface area contributed by atoms with Crippen LogP contribution in [0.3, 0.4) is 0 Å². The number of aryl methyl sites for hydroxylation is 1. The first-order chi connectivity index (χ1) is 12.1. The monoisotopic (exact) mass is 435 g/mol. The molecule has 26 heavy (non-hydrogen) atoms. The van der Waals surface area contributed by atoms with E-state index in [1.807, 2.05) is 37.3 Å². The van der Waals surface area contributed by atoms with Crippen molar-refractivity contribution >= 4 is 37.9 Å². The fourth-order valence-corrected chi connectivity index (χ4v) is 4.07. The lowest BCUT2D eigenvalue weighted by molar-refractivity contribution is -0.127. The Balaban J connectivity index is 2.36. The SMILES string of the molecule is Cc1ccc(S(=O)(=O)N(C/C=C/c2ccccc2)C(=O)C(C)(C)Br)cc1. The van der Waals surface area contributed by atoms with Gasteiger partial charge in [0.2, 0.25) is 0 Å². The fraction of sp³-hybridized carbons (Fsp3) is 0.250. The van der Waals surface area contributed by atoms with Crippen LogP contribution in [0.25, 0.3) is 6.08 Å². The topological polar surface area (TPSA) is 54.5 Å². The van der Waals surface area contributed by atoms with Gasteiger partial charge in [0.1, 0.15) is 0 Å². The van der Waals surface area contributed by atoms with Gasteiger partial charge in [-0.25, -0.2) is 12.7 Å². The number of carbonyl (C=O) groups is 1. The van der Waals surface area contributed by atoms with Crippen molar-refractivity contribution in [3.05, 3.63) is 71.8 Å². The van der Waals surface area contributed by atoms with Crippen LogP contribution >= 0.6 is 15.9 Å². The Morgan fingerprint density at radius 2 is 1.65 bits per heavy atom. The summed E-state index contributed by atoms with van der Waals surface area (Å²) >= 11 is 3.28. The summed E-state index contributed by atoms with van der Waals surface area (Å²) < 4.78 is 26.0. The fourth-order valence-electron chi connectivity index (χ4n) is 2.27. The van der Waals surface area contributed by atoms with Gasteiger partial charge in [-0.3, -0.25) is 4.79 Å². The molecule has 0 saturated heterocycles. The van der Waals surface area contributed by atoms with Crippen LogP contribution < -0.4 is 0 Å². The van der Waals surface area contributed by atoms with Gasteiger partial charge in [-0.1, -0.05) is 76.1 Å². The van der Waals surface area contributed by atoms with Crippen molar-refractivity contribution < 1.29 is 13.2 Å². The first kappa shape index (κ1) is 20.4. The molecular weight excluding hydrogens is 414 g/mol. The molecule has 4 nitrogen and oxygen atoms in total. The van der Waals surface area contributed by atoms with E-state index in [1.54, 1.807) is 38.1 Å². The number of sulfonamides is 1. The second-order valence-electron chi connectivity index (χ2n) is 6.44. The summed E-state index contributed by atoms with van der Waals surface area (Å²) in [5.74, 6) is -0.518. The molecule has 0 spiro atoms. The summed E-state index contributed by atoms with van der Waals surface area (Å²) in [5, 5.41) is 0. The third-order valence-electron chi connectivity index (χ3n) is 3.73. The van der Waals surface area contributed by atoms with Crippen molar-refractivity contribution in [2.45, 2.75) is 30.0 Å². The number of hydrogen-bond acceptors (Lipinski definition) is 3. The quantitative estimate of drug-likeness (QED) is 0.631. The maximum absolute atomic E-state index is 13.0. The molecule has 0 bridgehead atoms. The average Bonchev–Trinajstić information content (AvgIpc) is 2.58. The number of carbonyl (C=O) groups excluding carboxylic acids is 1. The van der Waals surface area contributed by atoms with Gasteiger partial charge in [0.15, 0.2) is 0 Å². The van der Waals surface area contributed by atoms with Crippen LogP contribution in [-0.2, 0) is 14.8 Å². The minimum Gasteiger partial charge on any atom is -0.272 e. The number of alkyl halides is 1. The zero-order valence-electron chi connectivity index (χ0n) is 15.0. The number of rotatable bonds is 6. The summed E-state index contributed by atoms with van der Waals surface area (Å²) in [7, 11) is -3.95. The Kier molecular flexibility index (Phi) is 6.42. The zero-order valence-corrected chi connectivity index (χ0v) is 17.4. The minimum atomic E-state index is -3.95. The van der Waals surface area contributed by atoms with E-state index in [4.69, 9.17) is 0 Å². The molecule has 0 aliphatic heterocycles. The smallest absolute Gasteiger partial charge is 0.266 e. The van der Waals surface area contributed by atoms with E-state index in [-0.39, 0.29) is 11.4 Å². The molecule has 0 heterocycles. The van der Waals surface area contributed by atoms with Gasteiger partial charge in [-0.05, 0) is 38.5 Å². The summed E-state index contributed by atoms with van der Waals surface area (Å²) in [6, 6.07) is 16.0. The molecule has 2 aromatic rings. The first-order valence-corrected chi connectivity index (χ1v) is 10.4. The van der Waals surface area contributed by atoms with Gasteiger partial charge in [-0.2, -0.15) is 0 Å². The summed E-state index contributed by atoms with van der Waals surface area (Å²) in [5.41, 5.74) is 1.89. The number of nitrogens with zero attached hydrogens (tertiary/aromatic N) is 1. The van der Waals surface area contributed by atoms with Crippen molar-refractivity contribution in [1.82, 2.24) is 4.31 Å². The van der Waals surface area contributed by atoms with Crippen LogP contribution in [0, 0.1) is 6.92 Å². The van der Waals surface area contributed by atoms with Crippen LogP contribution in [-0.4, -0.2) is 29.5 Å². The lowest BCUT2D eigenvalue weighted by Crippen LogP contribution is -2.45. The van der Waals surface area contributed by atoms with Crippen LogP contribution in [0.2, 0.25) is 0 Å². The van der Waals surface area contributed by atoms with Gasteiger partial charge < -0.3 is 0 Å². The number of halogens is 1. The largest absolute Gasteiger partial charge is 0.272 e. The van der Waals surface area contributed by atoms with Gasteiger partial charge >= 0.3 is 0 Å². The highest BCUT2D eigenvalue weighted by Crippen LogP contribution is 2.25. The Morgan fingerprint density at radius 3 is 2.19 bits per heavy atom. The van der Waals surface area contributed by atoms with E-state index in [9.17, 15) is 13.2 Å². The third kappa shape index (κ3) is 5.05. The highest BCUT2D eigenvalue weighted by atomic mass is 79.9. The molecule has 0 atom stereocenters. The standard InChI is InChI=1S/C20H22BrNO3S/c1-16-11-13-18(14-12-16)26(24,25)22(19(23)20(2,3)21)15-7-10-17-8-5-4-6-9-17/h4-14H,15H2,1-3H3/b10-7+. The molecule has 6 heteroatoms. The molecule has 0 radical (unpaired) electrons. The molecule has 0 saturated carbocycles. The van der Waals surface area contributed by atoms with Gasteiger partial charge in [0.25, 0.3) is 15.9 Å². The Hall–Kier alpha value is -1.92. The molecule has 0 fully saturated rings. The Morgan fingerprint density at radius 1 is 1.08 bits per heavy atom. The van der Waals surface area contributed by atoms with E-state index in [0.29, 0.717) is 0 Å². The second-order valence-corrected chi connectivity index (χ2v) is 10.3. The Labute approximate surface area is 163 Å². The van der Waals surface area contributed by atoms with Crippen LogP contribution in [0.15, 0.2) is 65.6 Å². The van der Waals surface area contributed by atoms with E-state index in [2.05, 4.69) is 15.9 Å². The molecule has 138 valence electrons. The highest BCUT2D eigenvalue weighted by molar-refractivity contribution is 9.10.